The third-order valence-corrected chi connectivity index (χ3v) is 3.47. The Morgan fingerprint density at radius 2 is 2.22 bits per heavy atom. The molecule has 1 aromatic heterocycles. The van der Waals surface area contributed by atoms with Gasteiger partial charge in [0.25, 0.3) is 0 Å². The van der Waals surface area contributed by atoms with E-state index >= 15 is 0 Å². The van der Waals surface area contributed by atoms with E-state index in [0.29, 0.717) is 16.5 Å². The van der Waals surface area contributed by atoms with Gasteiger partial charge in [-0.3, -0.25) is 5.84 Å². The molecule has 0 aliphatic carbocycles. The van der Waals surface area contributed by atoms with E-state index in [4.69, 9.17) is 26.6 Å². The van der Waals surface area contributed by atoms with Crippen LogP contribution >= 0.6 is 27.5 Å². The molecule has 1 heterocycles. The highest BCUT2D eigenvalue weighted by molar-refractivity contribution is 9.10. The number of benzene rings is 1. The number of furan rings is 1. The van der Waals surface area contributed by atoms with Gasteiger partial charge in [-0.15, -0.1) is 0 Å². The number of ether oxygens (including phenoxy) is 1. The molecule has 2 rings (SSSR count). The van der Waals surface area contributed by atoms with Crippen LogP contribution in [0, 0.1) is 0 Å². The molecule has 96 valence electrons. The molecular formula is C12H12BrClN2O2. The average Bonchev–Trinajstić information content (AvgIpc) is 2.77. The second kappa shape index (κ2) is 5.75. The lowest BCUT2D eigenvalue weighted by Gasteiger charge is -2.18. The second-order valence-electron chi connectivity index (χ2n) is 3.62. The molecule has 0 amide bonds. The van der Waals surface area contributed by atoms with E-state index in [0.717, 1.165) is 10.0 Å². The van der Waals surface area contributed by atoms with Gasteiger partial charge in [0.15, 0.2) is 0 Å². The molecular weight excluding hydrogens is 320 g/mol. The summed E-state index contributed by atoms with van der Waals surface area (Å²) in [4.78, 5) is 0. The van der Waals surface area contributed by atoms with Gasteiger partial charge in [-0.1, -0.05) is 11.6 Å². The van der Waals surface area contributed by atoms with Gasteiger partial charge in [0.2, 0.25) is 0 Å². The lowest BCUT2D eigenvalue weighted by Crippen LogP contribution is -2.29. The van der Waals surface area contributed by atoms with Crippen LogP contribution in [0.25, 0.3) is 0 Å². The largest absolute Gasteiger partial charge is 0.496 e. The van der Waals surface area contributed by atoms with Crippen molar-refractivity contribution in [3.05, 3.63) is 51.3 Å². The van der Waals surface area contributed by atoms with Gasteiger partial charge in [-0.05, 0) is 40.2 Å². The van der Waals surface area contributed by atoms with Gasteiger partial charge < -0.3 is 9.15 Å². The molecule has 3 N–H and O–H groups in total. The zero-order chi connectivity index (χ0) is 13.1. The van der Waals surface area contributed by atoms with Crippen LogP contribution in [-0.4, -0.2) is 7.11 Å². The summed E-state index contributed by atoms with van der Waals surface area (Å²) in [6, 6.07) is 6.80. The summed E-state index contributed by atoms with van der Waals surface area (Å²) in [5, 5.41) is 0.605. The van der Waals surface area contributed by atoms with Gasteiger partial charge in [0, 0.05) is 10.6 Å². The number of nitrogens with one attached hydrogen (secondary N) is 1. The molecule has 0 bridgehead atoms. The number of halogens is 2. The summed E-state index contributed by atoms with van der Waals surface area (Å²) in [6.07, 6.45) is 1.58. The number of hydrogen-bond acceptors (Lipinski definition) is 4. The van der Waals surface area contributed by atoms with Crippen LogP contribution in [0.3, 0.4) is 0 Å². The van der Waals surface area contributed by atoms with Crippen LogP contribution in [0.15, 0.2) is 39.4 Å². The molecule has 1 unspecified atom stereocenters. The minimum atomic E-state index is -0.344. The molecule has 0 radical (unpaired) electrons. The summed E-state index contributed by atoms with van der Waals surface area (Å²) >= 11 is 9.42. The minimum absolute atomic E-state index is 0.344. The van der Waals surface area contributed by atoms with Gasteiger partial charge in [-0.25, -0.2) is 5.43 Å². The first-order valence-corrected chi connectivity index (χ1v) is 6.37. The summed E-state index contributed by atoms with van der Waals surface area (Å²) in [5.74, 6) is 6.96. The first kappa shape index (κ1) is 13.4. The Labute approximate surface area is 118 Å². The highest BCUT2D eigenvalue weighted by Crippen LogP contribution is 2.35. The van der Waals surface area contributed by atoms with Crippen molar-refractivity contribution < 1.29 is 9.15 Å². The summed E-state index contributed by atoms with van der Waals surface area (Å²) in [7, 11) is 1.59. The molecule has 0 aliphatic rings. The van der Waals surface area contributed by atoms with E-state index in [-0.39, 0.29) is 6.04 Å². The monoisotopic (exact) mass is 330 g/mol. The Kier molecular flexibility index (Phi) is 4.29. The van der Waals surface area contributed by atoms with E-state index in [1.165, 1.54) is 0 Å². The van der Waals surface area contributed by atoms with Crippen LogP contribution < -0.4 is 16.0 Å². The van der Waals surface area contributed by atoms with Crippen molar-refractivity contribution in [1.29, 1.82) is 0 Å². The molecule has 0 spiro atoms. The van der Waals surface area contributed by atoms with Crippen molar-refractivity contribution in [3.63, 3.8) is 0 Å². The third kappa shape index (κ3) is 2.54. The Bertz CT molecular complexity index is 545. The molecule has 4 nitrogen and oxygen atoms in total. The molecule has 2 aromatic rings. The molecule has 1 aromatic carbocycles. The van der Waals surface area contributed by atoms with Crippen LogP contribution in [-0.2, 0) is 0 Å². The van der Waals surface area contributed by atoms with Crippen LogP contribution in [0.4, 0.5) is 0 Å². The summed E-state index contributed by atoms with van der Waals surface area (Å²) in [6.45, 7) is 0. The lowest BCUT2D eigenvalue weighted by atomic mass is 10.0. The van der Waals surface area contributed by atoms with E-state index in [9.17, 15) is 0 Å². The molecule has 0 saturated carbocycles. The van der Waals surface area contributed by atoms with E-state index in [1.54, 1.807) is 37.6 Å². The third-order valence-electron chi connectivity index (χ3n) is 2.58. The first-order valence-electron chi connectivity index (χ1n) is 5.19. The zero-order valence-electron chi connectivity index (χ0n) is 9.61. The van der Waals surface area contributed by atoms with Crippen molar-refractivity contribution >= 4 is 27.5 Å². The normalized spacial score (nSPS) is 12.4. The summed E-state index contributed by atoms with van der Waals surface area (Å²) < 4.78 is 11.6. The van der Waals surface area contributed by atoms with Crippen molar-refractivity contribution in [3.8, 4) is 5.75 Å². The van der Waals surface area contributed by atoms with E-state index < -0.39 is 0 Å². The Hall–Kier alpha value is -1.01. The highest BCUT2D eigenvalue weighted by Gasteiger charge is 2.22. The van der Waals surface area contributed by atoms with Crippen molar-refractivity contribution in [2.45, 2.75) is 6.04 Å². The maximum absolute atomic E-state index is 6.01. The predicted molar refractivity (Wildman–Crippen MR) is 73.6 cm³/mol. The SMILES string of the molecule is COc1ccc(Cl)cc1C(NN)c1occc1Br. The van der Waals surface area contributed by atoms with Gasteiger partial charge in [0.05, 0.1) is 17.8 Å². The number of hydrazine groups is 1. The second-order valence-corrected chi connectivity index (χ2v) is 4.91. The van der Waals surface area contributed by atoms with E-state index in [1.807, 2.05) is 0 Å². The fourth-order valence-corrected chi connectivity index (χ4v) is 2.36. The topological polar surface area (TPSA) is 60.4 Å². The first-order chi connectivity index (χ1) is 8.67. The standard InChI is InChI=1S/C12H12BrClN2O2/c1-17-10-3-2-7(14)6-8(10)11(16-15)12-9(13)4-5-18-12/h2-6,11,16H,15H2,1H3. The molecule has 0 saturated heterocycles. The average molecular weight is 332 g/mol. The number of nitrogens with two attached hydrogens (primary N) is 1. The Balaban J connectivity index is 2.51. The Morgan fingerprint density at radius 1 is 1.44 bits per heavy atom. The van der Waals surface area contributed by atoms with Crippen molar-refractivity contribution in [2.24, 2.45) is 5.84 Å². The fraction of sp³-hybridized carbons (Fsp3) is 0.167. The number of hydrogen-bond donors (Lipinski definition) is 2. The molecule has 1 atom stereocenters. The maximum atomic E-state index is 6.01. The van der Waals surface area contributed by atoms with Gasteiger partial charge >= 0.3 is 0 Å². The zero-order valence-corrected chi connectivity index (χ0v) is 12.0. The van der Waals surface area contributed by atoms with Crippen LogP contribution in [0.1, 0.15) is 17.4 Å². The van der Waals surface area contributed by atoms with Crippen LogP contribution in [0.5, 0.6) is 5.75 Å². The summed E-state index contributed by atoms with van der Waals surface area (Å²) in [5.41, 5.74) is 3.51. The fourth-order valence-electron chi connectivity index (χ4n) is 1.75. The van der Waals surface area contributed by atoms with E-state index in [2.05, 4.69) is 21.4 Å². The number of methoxy groups -OCH3 is 1. The van der Waals surface area contributed by atoms with Crippen molar-refractivity contribution in [2.75, 3.05) is 7.11 Å². The predicted octanol–water partition coefficient (Wildman–Crippen LogP) is 3.26. The smallest absolute Gasteiger partial charge is 0.140 e. The highest BCUT2D eigenvalue weighted by atomic mass is 79.9. The Morgan fingerprint density at radius 3 is 2.78 bits per heavy atom. The van der Waals surface area contributed by atoms with Gasteiger partial charge in [0.1, 0.15) is 17.6 Å². The van der Waals surface area contributed by atoms with Crippen LogP contribution in [0.2, 0.25) is 5.02 Å². The molecule has 6 heteroatoms. The quantitative estimate of drug-likeness (QED) is 0.667. The molecule has 0 aliphatic heterocycles. The lowest BCUT2D eigenvalue weighted by molar-refractivity contribution is 0.393. The minimum Gasteiger partial charge on any atom is -0.496 e. The maximum Gasteiger partial charge on any atom is 0.140 e. The molecule has 0 fully saturated rings. The van der Waals surface area contributed by atoms with Gasteiger partial charge in [-0.2, -0.15) is 0 Å². The number of rotatable bonds is 4. The van der Waals surface area contributed by atoms with Crippen molar-refractivity contribution in [1.82, 2.24) is 5.43 Å². The molecule has 18 heavy (non-hydrogen) atoms.